The molecule has 0 fully saturated rings. The van der Waals surface area contributed by atoms with E-state index in [1.807, 2.05) is 0 Å². The molecule has 2 rings (SSSR count). The van der Waals surface area contributed by atoms with Crippen molar-refractivity contribution in [2.75, 3.05) is 14.2 Å². The van der Waals surface area contributed by atoms with Crippen LogP contribution in [-0.2, 0) is 6.42 Å². The summed E-state index contributed by atoms with van der Waals surface area (Å²) in [5.41, 5.74) is 0.490. The van der Waals surface area contributed by atoms with Crippen LogP contribution in [-0.4, -0.2) is 19.3 Å². The fourth-order valence-corrected chi connectivity index (χ4v) is 2.32. The van der Waals surface area contributed by atoms with Crippen LogP contribution in [0.25, 0.3) is 11.0 Å². The van der Waals surface area contributed by atoms with Gasteiger partial charge in [-0.2, -0.15) is 0 Å². The van der Waals surface area contributed by atoms with Crippen LogP contribution in [0.2, 0.25) is 0 Å². The van der Waals surface area contributed by atoms with E-state index in [0.29, 0.717) is 23.5 Å². The maximum Gasteiger partial charge on any atom is 0.202 e. The zero-order valence-corrected chi connectivity index (χ0v) is 12.8. The first-order chi connectivity index (χ1) is 10.0. The molecule has 0 atom stereocenters. The Balaban J connectivity index is 2.83. The van der Waals surface area contributed by atoms with E-state index in [9.17, 15) is 9.90 Å². The lowest BCUT2D eigenvalue weighted by atomic mass is 10.1. The Morgan fingerprint density at radius 3 is 2.48 bits per heavy atom. The van der Waals surface area contributed by atoms with Gasteiger partial charge in [-0.15, -0.1) is 0 Å². The third-order valence-electron chi connectivity index (χ3n) is 3.59. The minimum Gasteiger partial charge on any atom is -0.502 e. The first-order valence-corrected chi connectivity index (χ1v) is 6.95. The maximum absolute atomic E-state index is 12.6. The fourth-order valence-electron chi connectivity index (χ4n) is 2.32. The molecule has 21 heavy (non-hydrogen) atoms. The van der Waals surface area contributed by atoms with E-state index in [1.54, 1.807) is 6.92 Å². The van der Waals surface area contributed by atoms with Crippen molar-refractivity contribution in [2.45, 2.75) is 33.1 Å². The molecule has 1 aromatic carbocycles. The molecule has 0 unspecified atom stereocenters. The Morgan fingerprint density at radius 2 is 1.90 bits per heavy atom. The highest BCUT2D eigenvalue weighted by Gasteiger charge is 2.20. The number of aromatic hydroxyl groups is 1. The SMILES string of the molecule is CCCCc1oc2c(O)c(OC)cc(OC)c2c(=O)c1C. The molecule has 0 aliphatic carbocycles. The Bertz CT molecular complexity index is 715. The second-order valence-corrected chi connectivity index (χ2v) is 4.92. The van der Waals surface area contributed by atoms with Crippen molar-refractivity contribution in [1.29, 1.82) is 0 Å². The van der Waals surface area contributed by atoms with Gasteiger partial charge >= 0.3 is 0 Å². The number of benzene rings is 1. The van der Waals surface area contributed by atoms with Gasteiger partial charge in [0.1, 0.15) is 16.9 Å². The monoisotopic (exact) mass is 292 g/mol. The summed E-state index contributed by atoms with van der Waals surface area (Å²) in [6.45, 7) is 3.80. The van der Waals surface area contributed by atoms with Crippen LogP contribution in [0.4, 0.5) is 0 Å². The Labute approximate surface area is 123 Å². The number of phenols is 1. The van der Waals surface area contributed by atoms with Crippen molar-refractivity contribution in [3.8, 4) is 17.2 Å². The summed E-state index contributed by atoms with van der Waals surface area (Å²) in [6, 6.07) is 1.49. The van der Waals surface area contributed by atoms with Gasteiger partial charge in [0, 0.05) is 18.1 Å². The molecule has 0 aliphatic heterocycles. The van der Waals surface area contributed by atoms with Crippen LogP contribution >= 0.6 is 0 Å². The Hall–Kier alpha value is -2.17. The van der Waals surface area contributed by atoms with Crippen LogP contribution in [0.15, 0.2) is 15.3 Å². The number of rotatable bonds is 5. The maximum atomic E-state index is 12.6. The number of methoxy groups -OCH3 is 2. The van der Waals surface area contributed by atoms with Crippen molar-refractivity contribution in [1.82, 2.24) is 0 Å². The first-order valence-electron chi connectivity index (χ1n) is 6.95. The van der Waals surface area contributed by atoms with Crippen LogP contribution in [0, 0.1) is 6.92 Å². The largest absolute Gasteiger partial charge is 0.502 e. The van der Waals surface area contributed by atoms with Gasteiger partial charge in [-0.25, -0.2) is 0 Å². The quantitative estimate of drug-likeness (QED) is 0.916. The number of unbranched alkanes of at least 4 members (excludes halogenated alkanes) is 1. The first kappa shape index (κ1) is 15.2. The molecule has 5 nitrogen and oxygen atoms in total. The second kappa shape index (κ2) is 6.08. The van der Waals surface area contributed by atoms with E-state index >= 15 is 0 Å². The van der Waals surface area contributed by atoms with E-state index in [2.05, 4.69) is 6.92 Å². The van der Waals surface area contributed by atoms with Crippen LogP contribution < -0.4 is 14.9 Å². The van der Waals surface area contributed by atoms with E-state index in [4.69, 9.17) is 13.9 Å². The van der Waals surface area contributed by atoms with Gasteiger partial charge in [-0.3, -0.25) is 4.79 Å². The molecule has 1 aromatic heterocycles. The number of hydrogen-bond acceptors (Lipinski definition) is 5. The molecule has 1 heterocycles. The molecular formula is C16H20O5. The summed E-state index contributed by atoms with van der Waals surface area (Å²) >= 11 is 0. The van der Waals surface area contributed by atoms with Gasteiger partial charge in [0.05, 0.1) is 14.2 Å². The van der Waals surface area contributed by atoms with Crippen molar-refractivity contribution >= 4 is 11.0 Å². The van der Waals surface area contributed by atoms with Crippen molar-refractivity contribution < 1.29 is 19.0 Å². The molecule has 0 spiro atoms. The average molecular weight is 292 g/mol. The van der Waals surface area contributed by atoms with Crippen LogP contribution in [0.5, 0.6) is 17.2 Å². The van der Waals surface area contributed by atoms with Crippen LogP contribution in [0.3, 0.4) is 0 Å². The van der Waals surface area contributed by atoms with E-state index in [0.717, 1.165) is 12.8 Å². The highest BCUT2D eigenvalue weighted by atomic mass is 16.5. The lowest BCUT2D eigenvalue weighted by molar-refractivity contribution is 0.361. The summed E-state index contributed by atoms with van der Waals surface area (Å²) < 4.78 is 16.1. The second-order valence-electron chi connectivity index (χ2n) is 4.92. The normalized spacial score (nSPS) is 10.9. The third-order valence-corrected chi connectivity index (χ3v) is 3.59. The molecule has 0 radical (unpaired) electrons. The van der Waals surface area contributed by atoms with Gasteiger partial charge in [0.2, 0.25) is 5.75 Å². The van der Waals surface area contributed by atoms with E-state index in [1.165, 1.54) is 20.3 Å². The van der Waals surface area contributed by atoms with Gasteiger partial charge in [0.15, 0.2) is 16.8 Å². The topological polar surface area (TPSA) is 68.9 Å². The Kier molecular flexibility index (Phi) is 4.40. The van der Waals surface area contributed by atoms with E-state index in [-0.39, 0.29) is 27.9 Å². The molecule has 0 saturated heterocycles. The molecular weight excluding hydrogens is 272 g/mol. The summed E-state index contributed by atoms with van der Waals surface area (Å²) in [6.07, 6.45) is 2.57. The molecule has 2 aromatic rings. The minimum absolute atomic E-state index is 0.118. The van der Waals surface area contributed by atoms with Gasteiger partial charge in [-0.1, -0.05) is 13.3 Å². The standard InChI is InChI=1S/C16H20O5/c1-5-6-7-10-9(2)14(17)13-11(19-3)8-12(20-4)15(18)16(13)21-10/h8,18H,5-7H2,1-4H3. The zero-order chi connectivity index (χ0) is 15.6. The van der Waals surface area contributed by atoms with E-state index < -0.39 is 0 Å². The summed E-state index contributed by atoms with van der Waals surface area (Å²) in [4.78, 5) is 12.6. The van der Waals surface area contributed by atoms with Crippen molar-refractivity contribution in [2.24, 2.45) is 0 Å². The lowest BCUT2D eigenvalue weighted by Crippen LogP contribution is -2.11. The number of hydrogen-bond donors (Lipinski definition) is 1. The molecule has 0 bridgehead atoms. The lowest BCUT2D eigenvalue weighted by Gasteiger charge is -2.12. The summed E-state index contributed by atoms with van der Waals surface area (Å²) in [5, 5.41) is 10.5. The van der Waals surface area contributed by atoms with Crippen LogP contribution in [0.1, 0.15) is 31.1 Å². The molecule has 0 aliphatic rings. The molecule has 114 valence electrons. The molecule has 0 amide bonds. The van der Waals surface area contributed by atoms with Crippen molar-refractivity contribution in [3.05, 3.63) is 27.6 Å². The molecule has 5 heteroatoms. The molecule has 1 N–H and O–H groups in total. The van der Waals surface area contributed by atoms with Gasteiger partial charge < -0.3 is 19.0 Å². The minimum atomic E-state index is -0.183. The highest BCUT2D eigenvalue weighted by Crippen LogP contribution is 2.39. The fraction of sp³-hybridized carbons (Fsp3) is 0.438. The number of aryl methyl sites for hydroxylation is 1. The average Bonchev–Trinajstić information content (AvgIpc) is 2.50. The van der Waals surface area contributed by atoms with Gasteiger partial charge in [0.25, 0.3) is 0 Å². The van der Waals surface area contributed by atoms with Crippen molar-refractivity contribution in [3.63, 3.8) is 0 Å². The smallest absolute Gasteiger partial charge is 0.202 e. The summed E-state index contributed by atoms with van der Waals surface area (Å²) in [7, 11) is 2.90. The zero-order valence-electron chi connectivity index (χ0n) is 12.8. The number of fused-ring (bicyclic) bond motifs is 1. The predicted octanol–water partition coefficient (Wildman–Crippen LogP) is 3.17. The van der Waals surface area contributed by atoms with Gasteiger partial charge in [-0.05, 0) is 13.3 Å². The predicted molar refractivity (Wildman–Crippen MR) is 80.6 cm³/mol. The number of phenolic OH excluding ortho intramolecular Hbond substituents is 1. The Morgan fingerprint density at radius 1 is 1.24 bits per heavy atom. The summed E-state index contributed by atoms with van der Waals surface area (Å²) in [5.74, 6) is 0.967. The number of ether oxygens (including phenoxy) is 2. The molecule has 0 saturated carbocycles. The highest BCUT2D eigenvalue weighted by molar-refractivity contribution is 5.91. The third kappa shape index (κ3) is 2.55.